The molecule has 13 heavy (non-hydrogen) atoms. The van der Waals surface area contributed by atoms with Crippen molar-refractivity contribution in [2.24, 2.45) is 5.73 Å². The standard InChI is InChI=1S/C10H17N3/c1-13(8-5-11)7-4-10-3-2-6-12-9-10/h2-3,6,9H,4-5,7-8,11H2,1H3. The molecule has 3 heteroatoms. The molecule has 0 fully saturated rings. The fourth-order valence-electron chi connectivity index (χ4n) is 1.20. The van der Waals surface area contributed by atoms with Crippen LogP contribution in [0.2, 0.25) is 0 Å². The summed E-state index contributed by atoms with van der Waals surface area (Å²) in [6, 6.07) is 4.07. The average Bonchev–Trinajstić information content (AvgIpc) is 2.17. The van der Waals surface area contributed by atoms with Crippen LogP contribution in [0.1, 0.15) is 5.56 Å². The predicted octanol–water partition coefficient (Wildman–Crippen LogP) is 0.515. The van der Waals surface area contributed by atoms with Crippen molar-refractivity contribution in [2.75, 3.05) is 26.7 Å². The van der Waals surface area contributed by atoms with Crippen LogP contribution < -0.4 is 5.73 Å². The molecular weight excluding hydrogens is 162 g/mol. The third kappa shape index (κ3) is 4.01. The van der Waals surface area contributed by atoms with Crippen molar-refractivity contribution >= 4 is 0 Å². The molecule has 1 heterocycles. The minimum Gasteiger partial charge on any atom is -0.329 e. The minimum absolute atomic E-state index is 0.726. The highest BCUT2D eigenvalue weighted by Crippen LogP contribution is 1.97. The topological polar surface area (TPSA) is 42.1 Å². The van der Waals surface area contributed by atoms with Crippen molar-refractivity contribution < 1.29 is 0 Å². The van der Waals surface area contributed by atoms with Gasteiger partial charge in [0.25, 0.3) is 0 Å². The van der Waals surface area contributed by atoms with Gasteiger partial charge < -0.3 is 10.6 Å². The Kier molecular flexibility index (Phi) is 4.43. The van der Waals surface area contributed by atoms with Crippen molar-refractivity contribution in [3.63, 3.8) is 0 Å². The summed E-state index contributed by atoms with van der Waals surface area (Å²) < 4.78 is 0. The second kappa shape index (κ2) is 5.67. The van der Waals surface area contributed by atoms with Gasteiger partial charge in [0.15, 0.2) is 0 Å². The quantitative estimate of drug-likeness (QED) is 0.716. The SMILES string of the molecule is CN(CCN)CCc1cccnc1. The first-order valence-corrected chi connectivity index (χ1v) is 4.60. The van der Waals surface area contributed by atoms with Crippen LogP contribution in [0, 0.1) is 0 Å². The highest BCUT2D eigenvalue weighted by atomic mass is 15.1. The number of likely N-dealkylation sites (N-methyl/N-ethyl adjacent to an activating group) is 1. The molecule has 1 rings (SSSR count). The van der Waals surface area contributed by atoms with Gasteiger partial charge in [-0.1, -0.05) is 6.07 Å². The molecule has 1 aromatic heterocycles. The summed E-state index contributed by atoms with van der Waals surface area (Å²) >= 11 is 0. The summed E-state index contributed by atoms with van der Waals surface area (Å²) in [7, 11) is 2.09. The van der Waals surface area contributed by atoms with Crippen molar-refractivity contribution in [3.8, 4) is 0 Å². The molecule has 0 saturated carbocycles. The van der Waals surface area contributed by atoms with Gasteiger partial charge in [-0.15, -0.1) is 0 Å². The van der Waals surface area contributed by atoms with Crippen molar-refractivity contribution in [2.45, 2.75) is 6.42 Å². The molecule has 0 bridgehead atoms. The lowest BCUT2D eigenvalue weighted by Gasteiger charge is -2.14. The summed E-state index contributed by atoms with van der Waals surface area (Å²) in [6.07, 6.45) is 4.76. The Labute approximate surface area is 79.6 Å². The van der Waals surface area contributed by atoms with Gasteiger partial charge in [-0.3, -0.25) is 4.98 Å². The third-order valence-electron chi connectivity index (χ3n) is 2.02. The van der Waals surface area contributed by atoms with Gasteiger partial charge in [0.05, 0.1) is 0 Å². The smallest absolute Gasteiger partial charge is 0.0300 e. The van der Waals surface area contributed by atoms with Crippen LogP contribution in [0.25, 0.3) is 0 Å². The van der Waals surface area contributed by atoms with E-state index in [0.717, 1.165) is 26.1 Å². The first kappa shape index (κ1) is 10.2. The van der Waals surface area contributed by atoms with Gasteiger partial charge >= 0.3 is 0 Å². The van der Waals surface area contributed by atoms with E-state index in [1.54, 1.807) is 6.20 Å². The largest absolute Gasteiger partial charge is 0.329 e. The Morgan fingerprint density at radius 1 is 1.46 bits per heavy atom. The molecule has 0 aromatic carbocycles. The summed E-state index contributed by atoms with van der Waals surface area (Å²) in [5, 5.41) is 0. The number of nitrogens with two attached hydrogens (primary N) is 1. The molecule has 0 atom stereocenters. The maximum absolute atomic E-state index is 5.44. The van der Waals surface area contributed by atoms with Crippen LogP contribution in [0.3, 0.4) is 0 Å². The molecule has 3 nitrogen and oxygen atoms in total. The van der Waals surface area contributed by atoms with E-state index in [0.29, 0.717) is 0 Å². The Balaban J connectivity index is 2.27. The molecule has 0 aliphatic rings. The molecular formula is C10H17N3. The molecule has 1 aromatic rings. The van der Waals surface area contributed by atoms with E-state index in [1.165, 1.54) is 5.56 Å². The van der Waals surface area contributed by atoms with E-state index in [1.807, 2.05) is 12.3 Å². The molecule has 0 aliphatic carbocycles. The zero-order chi connectivity index (χ0) is 9.52. The molecule has 0 radical (unpaired) electrons. The van der Waals surface area contributed by atoms with Crippen LogP contribution in [0.4, 0.5) is 0 Å². The molecule has 0 unspecified atom stereocenters. The van der Waals surface area contributed by atoms with Crippen molar-refractivity contribution in [3.05, 3.63) is 30.1 Å². The Morgan fingerprint density at radius 2 is 2.31 bits per heavy atom. The first-order valence-electron chi connectivity index (χ1n) is 4.60. The van der Waals surface area contributed by atoms with E-state index in [4.69, 9.17) is 5.73 Å². The van der Waals surface area contributed by atoms with Crippen LogP contribution >= 0.6 is 0 Å². The third-order valence-corrected chi connectivity index (χ3v) is 2.02. The lowest BCUT2D eigenvalue weighted by molar-refractivity contribution is 0.348. The number of hydrogen-bond donors (Lipinski definition) is 1. The number of hydrogen-bond acceptors (Lipinski definition) is 3. The Bertz CT molecular complexity index is 223. The second-order valence-corrected chi connectivity index (χ2v) is 3.20. The normalized spacial score (nSPS) is 10.7. The van der Waals surface area contributed by atoms with Gasteiger partial charge in [0.1, 0.15) is 0 Å². The fraction of sp³-hybridized carbons (Fsp3) is 0.500. The van der Waals surface area contributed by atoms with Gasteiger partial charge in [-0.25, -0.2) is 0 Å². The average molecular weight is 179 g/mol. The molecule has 72 valence electrons. The highest BCUT2D eigenvalue weighted by molar-refractivity contribution is 5.08. The van der Waals surface area contributed by atoms with E-state index in [-0.39, 0.29) is 0 Å². The van der Waals surface area contributed by atoms with Crippen molar-refractivity contribution in [1.82, 2.24) is 9.88 Å². The van der Waals surface area contributed by atoms with Gasteiger partial charge in [0, 0.05) is 32.0 Å². The predicted molar refractivity (Wildman–Crippen MR) is 54.5 cm³/mol. The van der Waals surface area contributed by atoms with E-state index in [2.05, 4.69) is 23.0 Å². The fourth-order valence-corrected chi connectivity index (χ4v) is 1.20. The molecule has 0 aliphatic heterocycles. The number of nitrogens with zero attached hydrogens (tertiary/aromatic N) is 2. The highest BCUT2D eigenvalue weighted by Gasteiger charge is 1.97. The van der Waals surface area contributed by atoms with E-state index < -0.39 is 0 Å². The minimum atomic E-state index is 0.726. The van der Waals surface area contributed by atoms with Gasteiger partial charge in [-0.05, 0) is 25.1 Å². The maximum atomic E-state index is 5.44. The zero-order valence-corrected chi connectivity index (χ0v) is 8.11. The molecule has 2 N–H and O–H groups in total. The van der Waals surface area contributed by atoms with Crippen molar-refractivity contribution in [1.29, 1.82) is 0 Å². The Morgan fingerprint density at radius 3 is 2.92 bits per heavy atom. The van der Waals surface area contributed by atoms with Gasteiger partial charge in [0.2, 0.25) is 0 Å². The molecule has 0 spiro atoms. The summed E-state index contributed by atoms with van der Waals surface area (Å²) in [5.41, 5.74) is 6.73. The number of aromatic nitrogens is 1. The number of rotatable bonds is 5. The number of pyridine rings is 1. The lowest BCUT2D eigenvalue weighted by Crippen LogP contribution is -2.27. The molecule has 0 saturated heterocycles. The first-order chi connectivity index (χ1) is 6.33. The van der Waals surface area contributed by atoms with Crippen LogP contribution in [-0.2, 0) is 6.42 Å². The monoisotopic (exact) mass is 179 g/mol. The summed E-state index contributed by atoms with van der Waals surface area (Å²) in [4.78, 5) is 6.29. The van der Waals surface area contributed by atoms with Crippen LogP contribution in [0.15, 0.2) is 24.5 Å². The second-order valence-electron chi connectivity index (χ2n) is 3.20. The van der Waals surface area contributed by atoms with E-state index >= 15 is 0 Å². The molecule has 0 amide bonds. The zero-order valence-electron chi connectivity index (χ0n) is 8.11. The summed E-state index contributed by atoms with van der Waals surface area (Å²) in [5.74, 6) is 0. The summed E-state index contributed by atoms with van der Waals surface area (Å²) in [6.45, 7) is 2.73. The van der Waals surface area contributed by atoms with Crippen LogP contribution in [0.5, 0.6) is 0 Å². The van der Waals surface area contributed by atoms with E-state index in [9.17, 15) is 0 Å². The van der Waals surface area contributed by atoms with Crippen LogP contribution in [-0.4, -0.2) is 36.6 Å². The lowest BCUT2D eigenvalue weighted by atomic mass is 10.2. The maximum Gasteiger partial charge on any atom is 0.0300 e. The van der Waals surface area contributed by atoms with Gasteiger partial charge in [-0.2, -0.15) is 0 Å². The Hall–Kier alpha value is -0.930.